The lowest BCUT2D eigenvalue weighted by molar-refractivity contribution is -0.275. The van der Waals surface area contributed by atoms with Crippen molar-refractivity contribution >= 4 is 58.0 Å². The van der Waals surface area contributed by atoms with Gasteiger partial charge in [0, 0.05) is 39.4 Å². The first-order valence-corrected chi connectivity index (χ1v) is 11.2. The minimum absolute atomic E-state index is 0.0478. The van der Waals surface area contributed by atoms with Crippen LogP contribution in [0.25, 0.3) is 0 Å². The maximum absolute atomic E-state index is 14.1. The molecule has 1 atom stereocenters. The molecule has 0 aromatic heterocycles. The van der Waals surface area contributed by atoms with Gasteiger partial charge >= 0.3 is 6.18 Å². The molecular weight excluding hydrogens is 511 g/mol. The monoisotopic (exact) mass is 526 g/mol. The summed E-state index contributed by atoms with van der Waals surface area (Å²) in [5, 5.41) is 6.52. The van der Waals surface area contributed by atoms with Crippen LogP contribution in [0.15, 0.2) is 41.6 Å². The van der Waals surface area contributed by atoms with Crippen molar-refractivity contribution in [2.75, 3.05) is 11.8 Å². The molecule has 0 saturated carbocycles. The van der Waals surface area contributed by atoms with Gasteiger partial charge in [0.15, 0.2) is 0 Å². The molecule has 0 spiro atoms. The van der Waals surface area contributed by atoms with Gasteiger partial charge in [0.25, 0.3) is 11.5 Å². The van der Waals surface area contributed by atoms with Crippen molar-refractivity contribution < 1.29 is 22.8 Å². The summed E-state index contributed by atoms with van der Waals surface area (Å²) in [5.74, 6) is -0.0932. The van der Waals surface area contributed by atoms with E-state index in [0.717, 1.165) is 12.1 Å². The molecule has 1 aliphatic heterocycles. The van der Waals surface area contributed by atoms with Crippen LogP contribution in [-0.2, 0) is 10.4 Å². The number of amides is 1. The third kappa shape index (κ3) is 4.96. The highest BCUT2D eigenvalue weighted by Gasteiger charge is 2.62. The number of carbonyl (C=O) groups is 1. The number of benzene rings is 2. The molecule has 1 heterocycles. The summed E-state index contributed by atoms with van der Waals surface area (Å²) in [4.78, 5) is 17.5. The van der Waals surface area contributed by atoms with Crippen LogP contribution in [0.4, 0.5) is 13.2 Å². The standard InChI is InChI=1S/C21H17Cl4F3N2O2/c1-11-4-12(2-3-17(11)19(31)29-16(9-22)10-23)18-8-20(32-30-18,21(26,27)28)13-5-14(24)7-15(25)6-13/h2-7,16H,8-10H2,1H3,(H,29,31). The highest BCUT2D eigenvalue weighted by molar-refractivity contribution is 6.34. The van der Waals surface area contributed by atoms with Gasteiger partial charge in [0.1, 0.15) is 0 Å². The first-order valence-electron chi connectivity index (χ1n) is 9.33. The van der Waals surface area contributed by atoms with Crippen LogP contribution in [0, 0.1) is 6.92 Å². The molecule has 2 aromatic rings. The number of aryl methyl sites for hydroxylation is 1. The molecule has 1 N–H and O–H groups in total. The van der Waals surface area contributed by atoms with Crippen LogP contribution >= 0.6 is 46.4 Å². The van der Waals surface area contributed by atoms with Crippen molar-refractivity contribution in [2.24, 2.45) is 5.16 Å². The number of alkyl halides is 5. The van der Waals surface area contributed by atoms with Crippen molar-refractivity contribution in [1.29, 1.82) is 0 Å². The number of oxime groups is 1. The fraction of sp³-hybridized carbons (Fsp3) is 0.333. The minimum atomic E-state index is -4.79. The van der Waals surface area contributed by atoms with E-state index in [-0.39, 0.29) is 39.0 Å². The van der Waals surface area contributed by atoms with Crippen LogP contribution < -0.4 is 5.32 Å². The molecule has 172 valence electrons. The molecule has 1 unspecified atom stereocenters. The van der Waals surface area contributed by atoms with Crippen LogP contribution in [0.1, 0.15) is 33.5 Å². The van der Waals surface area contributed by atoms with E-state index in [4.69, 9.17) is 51.2 Å². The van der Waals surface area contributed by atoms with E-state index in [9.17, 15) is 18.0 Å². The Labute approximate surface area is 202 Å². The fourth-order valence-corrected chi connectivity index (χ4v) is 4.34. The Bertz CT molecular complexity index is 1040. The Kier molecular flexibility index (Phi) is 7.55. The number of rotatable bonds is 6. The van der Waals surface area contributed by atoms with Gasteiger partial charge in [-0.2, -0.15) is 13.2 Å². The smallest absolute Gasteiger partial charge is 0.374 e. The molecule has 0 radical (unpaired) electrons. The SMILES string of the molecule is Cc1cc(C2=NOC(c3cc(Cl)cc(Cl)c3)(C(F)(F)F)C2)ccc1C(=O)NC(CCl)CCl. The van der Waals surface area contributed by atoms with Crippen molar-refractivity contribution in [1.82, 2.24) is 5.32 Å². The highest BCUT2D eigenvalue weighted by atomic mass is 35.5. The number of hydrogen-bond acceptors (Lipinski definition) is 3. The van der Waals surface area contributed by atoms with Gasteiger partial charge in [-0.1, -0.05) is 34.4 Å². The van der Waals surface area contributed by atoms with Crippen LogP contribution in [0.3, 0.4) is 0 Å². The topological polar surface area (TPSA) is 50.7 Å². The fourth-order valence-electron chi connectivity index (χ4n) is 3.33. The van der Waals surface area contributed by atoms with Gasteiger partial charge in [0.2, 0.25) is 0 Å². The second kappa shape index (κ2) is 9.67. The van der Waals surface area contributed by atoms with Gasteiger partial charge < -0.3 is 10.2 Å². The highest BCUT2D eigenvalue weighted by Crippen LogP contribution is 2.49. The van der Waals surface area contributed by atoms with Crippen molar-refractivity contribution in [3.05, 3.63) is 68.7 Å². The molecule has 3 rings (SSSR count). The van der Waals surface area contributed by atoms with E-state index in [2.05, 4.69) is 10.5 Å². The van der Waals surface area contributed by atoms with Crippen LogP contribution in [0.2, 0.25) is 10.0 Å². The van der Waals surface area contributed by atoms with Crippen molar-refractivity contribution in [3.63, 3.8) is 0 Å². The third-order valence-electron chi connectivity index (χ3n) is 5.03. The lowest BCUT2D eigenvalue weighted by atomic mass is 9.86. The van der Waals surface area contributed by atoms with Crippen molar-refractivity contribution in [2.45, 2.75) is 31.2 Å². The lowest BCUT2D eigenvalue weighted by Gasteiger charge is -2.29. The lowest BCUT2D eigenvalue weighted by Crippen LogP contribution is -2.42. The Morgan fingerprint density at radius 3 is 2.31 bits per heavy atom. The van der Waals surface area contributed by atoms with Gasteiger partial charge in [-0.15, -0.1) is 23.2 Å². The summed E-state index contributed by atoms with van der Waals surface area (Å²) in [6.07, 6.45) is -5.38. The first-order chi connectivity index (χ1) is 15.0. The van der Waals surface area contributed by atoms with Gasteiger partial charge in [0.05, 0.1) is 11.8 Å². The number of carbonyl (C=O) groups excluding carboxylic acids is 1. The molecule has 0 aliphatic carbocycles. The predicted molar refractivity (Wildman–Crippen MR) is 120 cm³/mol. The van der Waals surface area contributed by atoms with E-state index in [1.807, 2.05) is 0 Å². The number of hydrogen-bond donors (Lipinski definition) is 1. The molecule has 2 aromatic carbocycles. The third-order valence-corrected chi connectivity index (χ3v) is 6.21. The molecule has 0 saturated heterocycles. The first kappa shape index (κ1) is 25.0. The second-order valence-corrected chi connectivity index (χ2v) is 8.79. The Morgan fingerprint density at radius 2 is 1.78 bits per heavy atom. The molecule has 32 heavy (non-hydrogen) atoms. The zero-order valence-electron chi connectivity index (χ0n) is 16.6. The predicted octanol–water partition coefficient (Wildman–Crippen LogP) is 6.46. The molecule has 11 heteroatoms. The van der Waals surface area contributed by atoms with E-state index in [1.54, 1.807) is 13.0 Å². The van der Waals surface area contributed by atoms with E-state index in [1.165, 1.54) is 18.2 Å². The van der Waals surface area contributed by atoms with E-state index in [0.29, 0.717) is 16.7 Å². The molecule has 4 nitrogen and oxygen atoms in total. The normalized spacial score (nSPS) is 18.5. The van der Waals surface area contributed by atoms with Crippen LogP contribution in [-0.4, -0.2) is 35.6 Å². The quantitative estimate of drug-likeness (QED) is 0.438. The summed E-state index contributed by atoms with van der Waals surface area (Å²) >= 11 is 23.3. The average molecular weight is 528 g/mol. The largest absolute Gasteiger partial charge is 0.435 e. The summed E-state index contributed by atoms with van der Waals surface area (Å²) in [6, 6.07) is 7.83. The molecular formula is C21H17Cl4F3N2O2. The summed E-state index contributed by atoms with van der Waals surface area (Å²) < 4.78 is 42.4. The molecule has 1 amide bonds. The zero-order valence-corrected chi connectivity index (χ0v) is 19.6. The molecule has 1 aliphatic rings. The zero-order chi connectivity index (χ0) is 23.7. The van der Waals surface area contributed by atoms with E-state index < -0.39 is 24.2 Å². The maximum Gasteiger partial charge on any atom is 0.435 e. The minimum Gasteiger partial charge on any atom is -0.374 e. The number of halogens is 7. The Morgan fingerprint density at radius 1 is 1.16 bits per heavy atom. The number of nitrogens with one attached hydrogen (secondary N) is 1. The van der Waals surface area contributed by atoms with Gasteiger partial charge in [-0.3, -0.25) is 4.79 Å². The summed E-state index contributed by atoms with van der Waals surface area (Å²) in [6.45, 7) is 1.67. The van der Waals surface area contributed by atoms with Gasteiger partial charge in [-0.25, -0.2) is 0 Å². The molecule has 0 fully saturated rings. The molecule has 0 bridgehead atoms. The summed E-state index contributed by atoms with van der Waals surface area (Å²) in [5.41, 5.74) is -1.62. The second-order valence-electron chi connectivity index (χ2n) is 7.30. The van der Waals surface area contributed by atoms with Crippen LogP contribution in [0.5, 0.6) is 0 Å². The van der Waals surface area contributed by atoms with Crippen molar-refractivity contribution in [3.8, 4) is 0 Å². The van der Waals surface area contributed by atoms with E-state index >= 15 is 0 Å². The van der Waals surface area contributed by atoms with Gasteiger partial charge in [-0.05, 0) is 48.4 Å². The average Bonchev–Trinajstić information content (AvgIpc) is 3.18. The maximum atomic E-state index is 14.1. The summed E-state index contributed by atoms with van der Waals surface area (Å²) in [7, 11) is 0. The number of nitrogens with zero attached hydrogens (tertiary/aromatic N) is 1. The Hall–Kier alpha value is -1.67. The Balaban J connectivity index is 1.90.